The highest BCUT2D eigenvalue weighted by atomic mass is 16.5. The van der Waals surface area contributed by atoms with Crippen LogP contribution in [0.4, 0.5) is 0 Å². The molecule has 2 heterocycles. The number of primary amides is 1. The summed E-state index contributed by atoms with van der Waals surface area (Å²) >= 11 is 0. The zero-order valence-electron chi connectivity index (χ0n) is 42.8. The molecule has 0 saturated carbocycles. The summed E-state index contributed by atoms with van der Waals surface area (Å²) in [4.78, 5) is 129. The van der Waals surface area contributed by atoms with Crippen LogP contribution in [0.25, 0.3) is 0 Å². The molecule has 8 amide bonds. The molecule has 2 saturated heterocycles. The van der Waals surface area contributed by atoms with Gasteiger partial charge < -0.3 is 67.3 Å². The summed E-state index contributed by atoms with van der Waals surface area (Å²) in [6.45, 7) is 11.8. The van der Waals surface area contributed by atoms with E-state index in [1.807, 2.05) is 13.8 Å². The van der Waals surface area contributed by atoms with Crippen LogP contribution in [0.5, 0.6) is 11.5 Å². The molecule has 73 heavy (non-hydrogen) atoms. The number of nitrogens with one attached hydrogen (secondary N) is 5. The molecule has 2 aliphatic rings. The maximum absolute atomic E-state index is 14.9. The number of nitrogens with zero attached hydrogens (tertiary/aromatic N) is 2. The van der Waals surface area contributed by atoms with Gasteiger partial charge in [0.05, 0.1) is 0 Å². The number of carbonyl (C=O) groups excluding carboxylic acids is 9. The molecular weight excluding hydrogens is 949 g/mol. The Labute approximate surface area is 425 Å². The van der Waals surface area contributed by atoms with Crippen LogP contribution in [-0.2, 0) is 60.7 Å². The third-order valence-corrected chi connectivity index (χ3v) is 13.1. The highest BCUT2D eigenvalue weighted by Crippen LogP contribution is 2.27. The largest absolute Gasteiger partial charge is 0.508 e. The van der Waals surface area contributed by atoms with E-state index in [2.05, 4.69) is 26.6 Å². The van der Waals surface area contributed by atoms with Crippen LogP contribution < -0.4 is 32.3 Å². The van der Waals surface area contributed by atoms with Gasteiger partial charge in [-0.25, -0.2) is 4.79 Å². The number of amides is 8. The Hall–Kier alpha value is -6.81. The van der Waals surface area contributed by atoms with Crippen molar-refractivity contribution in [3.8, 4) is 11.5 Å². The molecule has 2 bridgehead atoms. The minimum atomic E-state index is -1.85. The Morgan fingerprint density at radius 2 is 1.37 bits per heavy atom. The van der Waals surface area contributed by atoms with Gasteiger partial charge in [0, 0.05) is 26.3 Å². The number of carbonyl (C=O) groups is 9. The molecule has 22 nitrogen and oxygen atoms in total. The van der Waals surface area contributed by atoms with Crippen molar-refractivity contribution in [1.29, 1.82) is 0 Å². The quantitative estimate of drug-likeness (QED) is 0.0944. The molecule has 2 fully saturated rings. The van der Waals surface area contributed by atoms with Gasteiger partial charge in [0.15, 0.2) is 0 Å². The van der Waals surface area contributed by atoms with Crippen LogP contribution >= 0.6 is 0 Å². The fourth-order valence-corrected chi connectivity index (χ4v) is 8.73. The number of likely N-dealkylation sites (N-methyl/N-ethyl adjacent to an activating group) is 1. The second-order valence-corrected chi connectivity index (χ2v) is 20.0. The number of hydrogen-bond donors (Lipinski definition) is 10. The lowest BCUT2D eigenvalue weighted by Gasteiger charge is -2.43. The van der Waals surface area contributed by atoms with E-state index in [-0.39, 0.29) is 61.9 Å². The van der Waals surface area contributed by atoms with Crippen LogP contribution in [0.2, 0.25) is 0 Å². The van der Waals surface area contributed by atoms with E-state index in [0.29, 0.717) is 17.5 Å². The number of nitrogens with two attached hydrogens (primary N) is 1. The number of phenolic OH excluding ortho intramolecular Hbond substituents is 2. The Bertz CT molecular complexity index is 2280. The monoisotopic (exact) mass is 1020 g/mol. The number of phenols is 2. The van der Waals surface area contributed by atoms with E-state index < -0.39 is 133 Å². The van der Waals surface area contributed by atoms with Gasteiger partial charge in [-0.15, -0.1) is 0 Å². The van der Waals surface area contributed by atoms with Crippen LogP contribution in [-0.4, -0.2) is 151 Å². The molecule has 2 aromatic rings. The van der Waals surface area contributed by atoms with Gasteiger partial charge >= 0.3 is 5.97 Å². The van der Waals surface area contributed by atoms with E-state index in [9.17, 15) is 63.6 Å². The van der Waals surface area contributed by atoms with Crippen LogP contribution in [0.1, 0.15) is 105 Å². The molecule has 0 radical (unpaired) electrons. The number of esters is 1. The predicted molar refractivity (Wildman–Crippen MR) is 264 cm³/mol. The van der Waals surface area contributed by atoms with E-state index >= 15 is 0 Å². The van der Waals surface area contributed by atoms with Crippen molar-refractivity contribution in [2.24, 2.45) is 23.5 Å². The van der Waals surface area contributed by atoms with Gasteiger partial charge in [0.1, 0.15) is 72.2 Å². The highest BCUT2D eigenvalue weighted by molar-refractivity contribution is 5.98. The lowest BCUT2D eigenvalue weighted by atomic mass is 9.94. The number of rotatable bonds is 17. The first-order chi connectivity index (χ1) is 34.3. The summed E-state index contributed by atoms with van der Waals surface area (Å²) in [7, 11) is 1.36. The number of aliphatic hydroxyl groups is 2. The summed E-state index contributed by atoms with van der Waals surface area (Å²) in [6.07, 6.45) is -5.85. The van der Waals surface area contributed by atoms with E-state index in [4.69, 9.17) is 10.5 Å². The average Bonchev–Trinajstić information content (AvgIpc) is 3.32. The first kappa shape index (κ1) is 58.8. The highest BCUT2D eigenvalue weighted by Gasteiger charge is 2.46. The molecule has 11 atom stereocenters. The molecule has 22 heteroatoms. The van der Waals surface area contributed by atoms with Crippen LogP contribution in [0, 0.1) is 17.8 Å². The predicted octanol–water partition coefficient (Wildman–Crippen LogP) is 0.153. The first-order valence-electron chi connectivity index (χ1n) is 24.8. The smallest absolute Gasteiger partial charge is 0.329 e. The van der Waals surface area contributed by atoms with E-state index in [0.717, 1.165) is 9.80 Å². The number of ether oxygens (including phenoxy) is 1. The summed E-state index contributed by atoms with van der Waals surface area (Å²) in [6, 6.07) is 1.22. The van der Waals surface area contributed by atoms with Crippen molar-refractivity contribution in [1.82, 2.24) is 36.4 Å². The number of aliphatic hydroxyl groups excluding tert-OH is 2. The van der Waals surface area contributed by atoms with Crippen molar-refractivity contribution in [3.05, 3.63) is 59.7 Å². The Morgan fingerprint density at radius 1 is 0.781 bits per heavy atom. The Kier molecular flexibility index (Phi) is 21.5. The SMILES string of the molecule is CCC(C)[C@@H]1NC(=O)[C@H](Cc2ccc(O)cc2)N(C)C(=O)[C@H](CC(C)C)N2C(=O)C(CCC2O)NC(=O)C(CC(C)C)NC(=O)[C@@H](NC(=O)[C@H](CCC(N)=O)NC(=O)C(O)Cc2ccc(O)cc2)[C@@H](C)OC1=O. The fourth-order valence-electron chi connectivity index (χ4n) is 8.73. The molecule has 4 rings (SSSR count). The van der Waals surface area contributed by atoms with Gasteiger partial charge in [0.2, 0.25) is 47.3 Å². The second kappa shape index (κ2) is 26.8. The van der Waals surface area contributed by atoms with Crippen molar-refractivity contribution in [2.45, 2.75) is 167 Å². The average molecular weight is 1020 g/mol. The van der Waals surface area contributed by atoms with Gasteiger partial charge in [-0.1, -0.05) is 72.2 Å². The fraction of sp³-hybridized carbons (Fsp3) is 0.588. The number of benzene rings is 2. The maximum atomic E-state index is 14.9. The minimum absolute atomic E-state index is 0.0142. The molecule has 0 spiro atoms. The number of piperidine rings is 1. The van der Waals surface area contributed by atoms with Gasteiger partial charge in [0.25, 0.3) is 0 Å². The van der Waals surface area contributed by atoms with E-state index in [1.54, 1.807) is 39.8 Å². The van der Waals surface area contributed by atoms with Crippen molar-refractivity contribution < 1.29 is 68.3 Å². The summed E-state index contributed by atoms with van der Waals surface area (Å²) in [5.41, 5.74) is 6.38. The third kappa shape index (κ3) is 16.6. The molecule has 402 valence electrons. The molecule has 0 aliphatic carbocycles. The zero-order chi connectivity index (χ0) is 54.4. The van der Waals surface area contributed by atoms with Gasteiger partial charge in [-0.05, 0) is 92.2 Å². The maximum Gasteiger partial charge on any atom is 0.329 e. The number of cyclic esters (lactones) is 1. The van der Waals surface area contributed by atoms with Crippen molar-refractivity contribution >= 4 is 53.2 Å². The molecule has 0 aromatic heterocycles. The van der Waals surface area contributed by atoms with Crippen molar-refractivity contribution in [3.63, 3.8) is 0 Å². The normalized spacial score (nSPS) is 25.0. The van der Waals surface area contributed by atoms with Crippen LogP contribution in [0.3, 0.4) is 0 Å². The van der Waals surface area contributed by atoms with Crippen molar-refractivity contribution in [2.75, 3.05) is 7.05 Å². The van der Waals surface area contributed by atoms with Gasteiger partial charge in [-0.3, -0.25) is 38.4 Å². The zero-order valence-corrected chi connectivity index (χ0v) is 42.8. The topological polar surface area (TPSA) is 336 Å². The second-order valence-electron chi connectivity index (χ2n) is 20.0. The molecule has 2 aromatic carbocycles. The van der Waals surface area contributed by atoms with Gasteiger partial charge in [-0.2, -0.15) is 0 Å². The molecular formula is C51H74N8O14. The van der Waals surface area contributed by atoms with E-state index in [1.165, 1.54) is 50.4 Å². The number of aromatic hydroxyl groups is 2. The summed E-state index contributed by atoms with van der Waals surface area (Å²) in [5.74, 6) is -9.53. The molecule has 2 aliphatic heterocycles. The lowest BCUT2D eigenvalue weighted by Crippen LogP contribution is -2.65. The summed E-state index contributed by atoms with van der Waals surface area (Å²) < 4.78 is 5.92. The molecule has 11 N–H and O–H groups in total. The number of hydrogen-bond acceptors (Lipinski definition) is 14. The third-order valence-electron chi connectivity index (χ3n) is 13.1. The minimum Gasteiger partial charge on any atom is -0.508 e. The Morgan fingerprint density at radius 3 is 1.93 bits per heavy atom. The number of fused-ring (bicyclic) bond motifs is 2. The lowest BCUT2D eigenvalue weighted by molar-refractivity contribution is -0.166. The first-order valence-corrected chi connectivity index (χ1v) is 24.8. The standard InChI is InChI=1S/C51H74N8O14/c1-9-28(6)42-51(72)73-29(7)43(57-44(65)34(18-20-40(52)63)53-47(68)39(62)25-31-12-16-33(61)17-13-31)48(69)55-36(22-26(2)3)45(66)54-35-19-21-41(64)59(49(35)70)38(23-27(4)5)50(71)58(8)37(46(67)56-42)24-30-10-14-32(60)15-11-30/h10-17,26-29,34-39,41-43,60-62,64H,9,18-25H2,1-8H3,(H2,52,63)(H,53,68)(H,54,66)(H,55,69)(H,56,67)(H,57,65)/t28?,29-,34+,35?,36?,37+,38+,39?,41?,42+,43+/m1/s1. The summed E-state index contributed by atoms with van der Waals surface area (Å²) in [5, 5.41) is 54.9. The Balaban J connectivity index is 1.83. The van der Waals surface area contributed by atoms with Crippen LogP contribution in [0.15, 0.2) is 48.5 Å². The molecule has 5 unspecified atom stereocenters.